The molecule has 110 valence electrons. The summed E-state index contributed by atoms with van der Waals surface area (Å²) < 4.78 is 5.91. The Morgan fingerprint density at radius 1 is 1.55 bits per heavy atom. The van der Waals surface area contributed by atoms with E-state index in [-0.39, 0.29) is 23.7 Å². The number of methoxy groups -OCH3 is 1. The number of rotatable bonds is 5. The molecule has 1 aromatic rings. The average molecular weight is 361 g/mol. The van der Waals surface area contributed by atoms with Crippen molar-refractivity contribution < 1.29 is 14.6 Å². The summed E-state index contributed by atoms with van der Waals surface area (Å²) in [6.07, 6.45) is 0.701. The number of carbonyl (C=O) groups excluding carboxylic acids is 1. The standard InChI is InChI=1S/C13H17BrN2O3S/c1-3-9(7-17)15-13(20)16-12(18)10-6-8(14)4-5-11(10)19-2/h4-6,9,17H,3,7H2,1-2H3,(H2,15,16,18,20). The fourth-order valence-corrected chi connectivity index (χ4v) is 2.15. The van der Waals surface area contributed by atoms with Gasteiger partial charge in [0.2, 0.25) is 0 Å². The molecule has 0 bridgehead atoms. The van der Waals surface area contributed by atoms with Crippen molar-refractivity contribution in [3.8, 4) is 5.75 Å². The molecule has 20 heavy (non-hydrogen) atoms. The molecule has 0 aliphatic heterocycles. The molecule has 5 nitrogen and oxygen atoms in total. The fourth-order valence-electron chi connectivity index (χ4n) is 1.53. The van der Waals surface area contributed by atoms with E-state index in [1.54, 1.807) is 18.2 Å². The SMILES string of the molecule is CCC(CO)NC(=S)NC(=O)c1cc(Br)ccc1OC. The van der Waals surface area contributed by atoms with Crippen LogP contribution in [0.3, 0.4) is 0 Å². The summed E-state index contributed by atoms with van der Waals surface area (Å²) in [7, 11) is 1.50. The molecule has 0 radical (unpaired) electrons. The Balaban J connectivity index is 2.76. The van der Waals surface area contributed by atoms with Crippen LogP contribution in [0.4, 0.5) is 0 Å². The van der Waals surface area contributed by atoms with E-state index < -0.39 is 0 Å². The van der Waals surface area contributed by atoms with E-state index in [2.05, 4.69) is 26.6 Å². The van der Waals surface area contributed by atoms with Crippen LogP contribution >= 0.6 is 28.1 Å². The number of hydrogen-bond acceptors (Lipinski definition) is 4. The topological polar surface area (TPSA) is 70.6 Å². The summed E-state index contributed by atoms with van der Waals surface area (Å²) >= 11 is 8.35. The van der Waals surface area contributed by atoms with Crippen molar-refractivity contribution in [2.75, 3.05) is 13.7 Å². The molecule has 1 amide bonds. The molecule has 0 aliphatic carbocycles. The number of halogens is 1. The van der Waals surface area contributed by atoms with Crippen LogP contribution in [0.5, 0.6) is 5.75 Å². The fraction of sp³-hybridized carbons (Fsp3) is 0.385. The van der Waals surface area contributed by atoms with Gasteiger partial charge in [-0.2, -0.15) is 0 Å². The van der Waals surface area contributed by atoms with Crippen LogP contribution < -0.4 is 15.4 Å². The minimum atomic E-state index is -0.367. The maximum absolute atomic E-state index is 12.1. The summed E-state index contributed by atoms with van der Waals surface area (Å²) in [5.74, 6) is 0.0937. The van der Waals surface area contributed by atoms with Gasteiger partial charge in [-0.3, -0.25) is 10.1 Å². The number of amides is 1. The molecule has 1 rings (SSSR count). The summed E-state index contributed by atoms with van der Waals surface area (Å²) in [4.78, 5) is 12.1. The van der Waals surface area contributed by atoms with Crippen molar-refractivity contribution in [1.82, 2.24) is 10.6 Å². The number of aliphatic hydroxyl groups excluding tert-OH is 1. The molecule has 0 aromatic heterocycles. The van der Waals surface area contributed by atoms with Crippen molar-refractivity contribution in [2.24, 2.45) is 0 Å². The smallest absolute Gasteiger partial charge is 0.261 e. The monoisotopic (exact) mass is 360 g/mol. The minimum absolute atomic E-state index is 0.0489. The Morgan fingerprint density at radius 2 is 2.25 bits per heavy atom. The van der Waals surface area contributed by atoms with Gasteiger partial charge in [-0.1, -0.05) is 22.9 Å². The number of nitrogens with one attached hydrogen (secondary N) is 2. The molecule has 7 heteroatoms. The summed E-state index contributed by atoms with van der Waals surface area (Å²) in [5.41, 5.74) is 0.378. The molecule has 0 saturated carbocycles. The van der Waals surface area contributed by atoms with Crippen LogP contribution in [0.15, 0.2) is 22.7 Å². The van der Waals surface area contributed by atoms with Gasteiger partial charge in [-0.25, -0.2) is 0 Å². The lowest BCUT2D eigenvalue weighted by molar-refractivity contribution is 0.0973. The second kappa shape index (κ2) is 8.18. The third kappa shape index (κ3) is 4.73. The Hall–Kier alpha value is -1.18. The van der Waals surface area contributed by atoms with Crippen molar-refractivity contribution >= 4 is 39.2 Å². The van der Waals surface area contributed by atoms with E-state index in [0.717, 1.165) is 4.47 Å². The van der Waals surface area contributed by atoms with Gasteiger partial charge in [-0.05, 0) is 36.8 Å². The highest BCUT2D eigenvalue weighted by molar-refractivity contribution is 9.10. The zero-order valence-electron chi connectivity index (χ0n) is 11.3. The van der Waals surface area contributed by atoms with E-state index in [4.69, 9.17) is 22.1 Å². The van der Waals surface area contributed by atoms with Crippen molar-refractivity contribution in [3.63, 3.8) is 0 Å². The number of aliphatic hydroxyl groups is 1. The highest BCUT2D eigenvalue weighted by atomic mass is 79.9. The van der Waals surface area contributed by atoms with Crippen molar-refractivity contribution in [2.45, 2.75) is 19.4 Å². The molecule has 0 aliphatic rings. The molecule has 0 spiro atoms. The lowest BCUT2D eigenvalue weighted by Crippen LogP contribution is -2.45. The van der Waals surface area contributed by atoms with Crippen LogP contribution in [0.1, 0.15) is 23.7 Å². The second-order valence-electron chi connectivity index (χ2n) is 4.06. The van der Waals surface area contributed by atoms with Gasteiger partial charge in [0.05, 0.1) is 25.3 Å². The third-order valence-electron chi connectivity index (χ3n) is 2.68. The molecular weight excluding hydrogens is 344 g/mol. The maximum Gasteiger partial charge on any atom is 0.261 e. The van der Waals surface area contributed by atoms with Gasteiger partial charge in [-0.15, -0.1) is 0 Å². The van der Waals surface area contributed by atoms with Crippen LogP contribution in [0, 0.1) is 0 Å². The third-order valence-corrected chi connectivity index (χ3v) is 3.39. The summed E-state index contributed by atoms with van der Waals surface area (Å²) in [5, 5.41) is 14.7. The van der Waals surface area contributed by atoms with Gasteiger partial charge >= 0.3 is 0 Å². The largest absolute Gasteiger partial charge is 0.496 e. The number of carbonyl (C=O) groups is 1. The number of hydrogen-bond donors (Lipinski definition) is 3. The first kappa shape index (κ1) is 16.9. The Labute approximate surface area is 131 Å². The lowest BCUT2D eigenvalue weighted by Gasteiger charge is -2.17. The molecule has 1 unspecified atom stereocenters. The van der Waals surface area contributed by atoms with Crippen LogP contribution in [0.25, 0.3) is 0 Å². The van der Waals surface area contributed by atoms with E-state index in [1.165, 1.54) is 7.11 Å². The number of ether oxygens (including phenoxy) is 1. The number of thiocarbonyl (C=S) groups is 1. The van der Waals surface area contributed by atoms with Crippen molar-refractivity contribution in [1.29, 1.82) is 0 Å². The van der Waals surface area contributed by atoms with E-state index in [0.29, 0.717) is 17.7 Å². The molecule has 1 atom stereocenters. The molecular formula is C13H17BrN2O3S. The Kier molecular flexibility index (Phi) is 6.90. The predicted molar refractivity (Wildman–Crippen MR) is 85.1 cm³/mol. The van der Waals surface area contributed by atoms with Gasteiger partial charge < -0.3 is 15.2 Å². The van der Waals surface area contributed by atoms with Crippen molar-refractivity contribution in [3.05, 3.63) is 28.2 Å². The highest BCUT2D eigenvalue weighted by Gasteiger charge is 2.15. The minimum Gasteiger partial charge on any atom is -0.496 e. The average Bonchev–Trinajstić information content (AvgIpc) is 2.44. The van der Waals surface area contributed by atoms with E-state index in [9.17, 15) is 4.79 Å². The first-order valence-electron chi connectivity index (χ1n) is 6.08. The molecule has 0 saturated heterocycles. The van der Waals surface area contributed by atoms with Crippen LogP contribution in [-0.4, -0.2) is 35.9 Å². The normalized spacial score (nSPS) is 11.6. The first-order valence-corrected chi connectivity index (χ1v) is 7.28. The molecule has 0 heterocycles. The molecule has 3 N–H and O–H groups in total. The van der Waals surface area contributed by atoms with Crippen LogP contribution in [-0.2, 0) is 0 Å². The van der Waals surface area contributed by atoms with Gasteiger partial charge in [0.1, 0.15) is 5.75 Å². The quantitative estimate of drug-likeness (QED) is 0.698. The molecule has 0 fully saturated rings. The predicted octanol–water partition coefficient (Wildman–Crippen LogP) is 1.83. The highest BCUT2D eigenvalue weighted by Crippen LogP contribution is 2.22. The van der Waals surface area contributed by atoms with Gasteiger partial charge in [0.25, 0.3) is 5.91 Å². The summed E-state index contributed by atoms with van der Waals surface area (Å²) in [6, 6.07) is 4.95. The van der Waals surface area contributed by atoms with E-state index in [1.807, 2.05) is 6.92 Å². The first-order chi connectivity index (χ1) is 9.51. The lowest BCUT2D eigenvalue weighted by atomic mass is 10.2. The second-order valence-corrected chi connectivity index (χ2v) is 5.38. The van der Waals surface area contributed by atoms with Gasteiger partial charge in [0.15, 0.2) is 5.11 Å². The summed E-state index contributed by atoms with van der Waals surface area (Å²) in [6.45, 7) is 1.86. The van der Waals surface area contributed by atoms with Crippen LogP contribution in [0.2, 0.25) is 0 Å². The Bertz CT molecular complexity index is 493. The Morgan fingerprint density at radius 3 is 2.80 bits per heavy atom. The van der Waals surface area contributed by atoms with Gasteiger partial charge in [0, 0.05) is 4.47 Å². The number of benzene rings is 1. The maximum atomic E-state index is 12.1. The zero-order chi connectivity index (χ0) is 15.1. The zero-order valence-corrected chi connectivity index (χ0v) is 13.7. The molecule has 1 aromatic carbocycles. The van der Waals surface area contributed by atoms with E-state index >= 15 is 0 Å².